The van der Waals surface area contributed by atoms with Gasteiger partial charge in [-0.1, -0.05) is 15.9 Å². The lowest BCUT2D eigenvalue weighted by molar-refractivity contribution is -0.143. The van der Waals surface area contributed by atoms with Gasteiger partial charge in [0.25, 0.3) is 0 Å². The highest BCUT2D eigenvalue weighted by atomic mass is 79.9. The zero-order chi connectivity index (χ0) is 14.6. The number of nitrogens with zero attached hydrogens (tertiary/aromatic N) is 1. The van der Waals surface area contributed by atoms with E-state index in [4.69, 9.17) is 5.26 Å². The van der Waals surface area contributed by atoms with E-state index in [1.165, 1.54) is 12.1 Å². The molecule has 0 bridgehead atoms. The van der Waals surface area contributed by atoms with Crippen molar-refractivity contribution in [3.05, 3.63) is 33.3 Å². The first-order valence-corrected chi connectivity index (χ1v) is 6.04. The van der Waals surface area contributed by atoms with Crippen LogP contribution in [-0.4, -0.2) is 12.6 Å². The quantitative estimate of drug-likeness (QED) is 0.795. The number of hydrogen-bond donors (Lipinski definition) is 0. The van der Waals surface area contributed by atoms with Crippen LogP contribution in [0.5, 0.6) is 0 Å². The maximum atomic E-state index is 13.0. The van der Waals surface area contributed by atoms with Gasteiger partial charge in [0.05, 0.1) is 30.2 Å². The van der Waals surface area contributed by atoms with Gasteiger partial charge in [0.15, 0.2) is 0 Å². The Morgan fingerprint density at radius 3 is 2.58 bits per heavy atom. The molecule has 1 rings (SSSR count). The van der Waals surface area contributed by atoms with Crippen molar-refractivity contribution in [2.45, 2.75) is 19.5 Å². The van der Waals surface area contributed by atoms with E-state index in [-0.39, 0.29) is 16.6 Å². The van der Waals surface area contributed by atoms with Crippen LogP contribution in [0.25, 0.3) is 0 Å². The Kier molecular flexibility index (Phi) is 4.95. The smallest absolute Gasteiger partial charge is 0.418 e. The minimum Gasteiger partial charge on any atom is -0.466 e. The average molecular weight is 336 g/mol. The first kappa shape index (κ1) is 15.5. The molecule has 0 radical (unpaired) electrons. The van der Waals surface area contributed by atoms with Crippen LogP contribution in [0.1, 0.15) is 23.6 Å². The van der Waals surface area contributed by atoms with Crippen LogP contribution in [0.3, 0.4) is 0 Å². The van der Waals surface area contributed by atoms with E-state index in [0.29, 0.717) is 0 Å². The summed E-state index contributed by atoms with van der Waals surface area (Å²) in [7, 11) is 0. The summed E-state index contributed by atoms with van der Waals surface area (Å²) in [6.45, 7) is 1.64. The highest BCUT2D eigenvalue weighted by Crippen LogP contribution is 2.38. The molecule has 0 saturated carbocycles. The number of halogens is 4. The van der Waals surface area contributed by atoms with Gasteiger partial charge < -0.3 is 4.74 Å². The third kappa shape index (κ3) is 3.70. The van der Waals surface area contributed by atoms with Crippen LogP contribution in [0.15, 0.2) is 16.6 Å². The second kappa shape index (κ2) is 6.06. The number of ether oxygens (including phenoxy) is 1. The van der Waals surface area contributed by atoms with Crippen molar-refractivity contribution in [1.29, 1.82) is 5.26 Å². The normalized spacial score (nSPS) is 10.9. The fourth-order valence-corrected chi connectivity index (χ4v) is 2.04. The first-order chi connectivity index (χ1) is 8.81. The Hall–Kier alpha value is -1.55. The summed E-state index contributed by atoms with van der Waals surface area (Å²) >= 11 is 2.97. The van der Waals surface area contributed by atoms with E-state index in [1.54, 1.807) is 6.92 Å². The van der Waals surface area contributed by atoms with Gasteiger partial charge in [0, 0.05) is 4.47 Å². The summed E-state index contributed by atoms with van der Waals surface area (Å²) < 4.78 is 43.7. The molecule has 0 N–H and O–H groups in total. The number of hydrogen-bond acceptors (Lipinski definition) is 3. The fourth-order valence-electron chi connectivity index (χ4n) is 1.57. The van der Waals surface area contributed by atoms with Crippen LogP contribution < -0.4 is 0 Å². The molecule has 0 unspecified atom stereocenters. The Morgan fingerprint density at radius 2 is 2.11 bits per heavy atom. The predicted molar refractivity (Wildman–Crippen MR) is 64.2 cm³/mol. The van der Waals surface area contributed by atoms with E-state index in [9.17, 15) is 18.0 Å². The van der Waals surface area contributed by atoms with E-state index < -0.39 is 29.7 Å². The molecule has 0 fully saturated rings. The maximum Gasteiger partial charge on any atom is 0.418 e. The van der Waals surface area contributed by atoms with Crippen molar-refractivity contribution < 1.29 is 22.7 Å². The molecule has 0 amide bonds. The molecular formula is C12H9BrF3NO2. The van der Waals surface area contributed by atoms with Gasteiger partial charge >= 0.3 is 12.1 Å². The number of nitriles is 1. The van der Waals surface area contributed by atoms with E-state index in [1.807, 2.05) is 0 Å². The average Bonchev–Trinajstić information content (AvgIpc) is 2.30. The first-order valence-electron chi connectivity index (χ1n) is 5.25. The largest absolute Gasteiger partial charge is 0.466 e. The monoisotopic (exact) mass is 335 g/mol. The number of carbonyl (C=O) groups excluding carboxylic acids is 1. The van der Waals surface area contributed by atoms with Crippen molar-refractivity contribution in [2.75, 3.05) is 6.61 Å². The van der Waals surface area contributed by atoms with Gasteiger partial charge in [-0.25, -0.2) is 0 Å². The van der Waals surface area contributed by atoms with E-state index >= 15 is 0 Å². The number of esters is 1. The molecular weight excluding hydrogens is 327 g/mol. The molecule has 0 atom stereocenters. The van der Waals surface area contributed by atoms with Crippen molar-refractivity contribution in [2.24, 2.45) is 0 Å². The SMILES string of the molecule is CCOC(=O)Cc1c(Br)ccc(C#N)c1C(F)(F)F. The third-order valence-electron chi connectivity index (χ3n) is 2.29. The molecule has 7 heteroatoms. The molecule has 1 aromatic rings. The molecule has 102 valence electrons. The van der Waals surface area contributed by atoms with E-state index in [0.717, 1.165) is 6.07 Å². The second-order valence-corrected chi connectivity index (χ2v) is 4.39. The molecule has 0 aliphatic heterocycles. The lowest BCUT2D eigenvalue weighted by Gasteiger charge is -2.15. The summed E-state index contributed by atoms with van der Waals surface area (Å²) in [5, 5.41) is 8.75. The van der Waals surface area contributed by atoms with Crippen LogP contribution in [-0.2, 0) is 22.1 Å². The maximum absolute atomic E-state index is 13.0. The Morgan fingerprint density at radius 1 is 1.47 bits per heavy atom. The van der Waals surface area contributed by atoms with Crippen LogP contribution in [0, 0.1) is 11.3 Å². The van der Waals surface area contributed by atoms with Crippen LogP contribution in [0.4, 0.5) is 13.2 Å². The molecule has 19 heavy (non-hydrogen) atoms. The van der Waals surface area contributed by atoms with Gasteiger partial charge in [-0.15, -0.1) is 0 Å². The molecule has 0 spiro atoms. The third-order valence-corrected chi connectivity index (χ3v) is 3.03. The lowest BCUT2D eigenvalue weighted by Crippen LogP contribution is -2.16. The second-order valence-electron chi connectivity index (χ2n) is 3.54. The Labute approximate surface area is 116 Å². The zero-order valence-corrected chi connectivity index (χ0v) is 11.4. The molecule has 0 aromatic heterocycles. The van der Waals surface area contributed by atoms with Crippen molar-refractivity contribution >= 4 is 21.9 Å². The van der Waals surface area contributed by atoms with Gasteiger partial charge in [0.2, 0.25) is 0 Å². The standard InChI is InChI=1S/C12H9BrF3NO2/c1-2-19-10(18)5-8-9(13)4-3-7(6-17)11(8)12(14,15)16/h3-4H,2,5H2,1H3. The summed E-state index contributed by atoms with van der Waals surface area (Å²) in [4.78, 5) is 11.4. The van der Waals surface area contributed by atoms with Crippen molar-refractivity contribution in [3.63, 3.8) is 0 Å². The summed E-state index contributed by atoms with van der Waals surface area (Å²) in [5.74, 6) is -0.774. The Balaban J connectivity index is 3.36. The number of alkyl halides is 3. The number of benzene rings is 1. The molecule has 3 nitrogen and oxygen atoms in total. The minimum atomic E-state index is -4.71. The van der Waals surface area contributed by atoms with Gasteiger partial charge in [-0.2, -0.15) is 18.4 Å². The van der Waals surface area contributed by atoms with Crippen LogP contribution in [0.2, 0.25) is 0 Å². The Bertz CT molecular complexity index is 535. The summed E-state index contributed by atoms with van der Waals surface area (Å²) in [6, 6.07) is 3.85. The number of rotatable bonds is 3. The topological polar surface area (TPSA) is 50.1 Å². The fraction of sp³-hybridized carbons (Fsp3) is 0.333. The molecule has 0 aliphatic carbocycles. The van der Waals surface area contributed by atoms with Gasteiger partial charge in [-0.3, -0.25) is 4.79 Å². The zero-order valence-electron chi connectivity index (χ0n) is 9.84. The predicted octanol–water partition coefficient (Wildman–Crippen LogP) is 3.45. The highest BCUT2D eigenvalue weighted by molar-refractivity contribution is 9.10. The number of carbonyl (C=O) groups is 1. The van der Waals surface area contributed by atoms with Gasteiger partial charge in [0.1, 0.15) is 0 Å². The molecule has 1 aromatic carbocycles. The van der Waals surface area contributed by atoms with Gasteiger partial charge in [-0.05, 0) is 24.6 Å². The molecule has 0 aliphatic rings. The van der Waals surface area contributed by atoms with E-state index in [2.05, 4.69) is 20.7 Å². The minimum absolute atomic E-state index is 0.0791. The molecule has 0 saturated heterocycles. The van der Waals surface area contributed by atoms with Crippen LogP contribution >= 0.6 is 15.9 Å². The summed E-state index contributed by atoms with van der Waals surface area (Å²) in [6.07, 6.45) is -5.25. The summed E-state index contributed by atoms with van der Waals surface area (Å²) in [5.41, 5.74) is -1.91. The van der Waals surface area contributed by atoms with Crippen molar-refractivity contribution in [1.82, 2.24) is 0 Å². The lowest BCUT2D eigenvalue weighted by atomic mass is 9.99. The van der Waals surface area contributed by atoms with Crippen molar-refractivity contribution in [3.8, 4) is 6.07 Å². The highest BCUT2D eigenvalue weighted by Gasteiger charge is 2.37. The molecule has 0 heterocycles.